The van der Waals surface area contributed by atoms with Crippen LogP contribution in [-0.2, 0) is 9.59 Å². The van der Waals surface area contributed by atoms with Crippen LogP contribution in [0.2, 0.25) is 0 Å². The van der Waals surface area contributed by atoms with E-state index in [2.05, 4.69) is 5.32 Å². The number of hydrogen-bond acceptors (Lipinski definition) is 2. The maximum Gasteiger partial charge on any atom is 0.217 e. The third kappa shape index (κ3) is 6.83. The highest BCUT2D eigenvalue weighted by molar-refractivity contribution is 5.73. The summed E-state index contributed by atoms with van der Waals surface area (Å²) in [6.07, 6.45) is 1.83. The van der Waals surface area contributed by atoms with Crippen molar-refractivity contribution in [2.45, 2.75) is 19.8 Å². The van der Waals surface area contributed by atoms with Crippen LogP contribution >= 0.6 is 0 Å². The van der Waals surface area contributed by atoms with Gasteiger partial charge in [-0.05, 0) is 12.3 Å². The van der Waals surface area contributed by atoms with Gasteiger partial charge in [0.1, 0.15) is 0 Å². The first kappa shape index (κ1) is 9.94. The second kappa shape index (κ2) is 5.70. The lowest BCUT2D eigenvalue weighted by molar-refractivity contribution is -0.118. The second-order valence-electron chi connectivity index (χ2n) is 2.64. The molecule has 64 valence electrons. The molecule has 0 aromatic heterocycles. The third-order valence-electron chi connectivity index (χ3n) is 1.41. The standard InChI is InChI=1S/C7H14N2O2/c1-6(4-7(8)11)2-3-9-5-10/h5-6H,2-4H2,1H3,(H2,8,11)(H,9,10). The van der Waals surface area contributed by atoms with Gasteiger partial charge in [-0.2, -0.15) is 0 Å². The van der Waals surface area contributed by atoms with Crippen molar-refractivity contribution >= 4 is 12.3 Å². The van der Waals surface area contributed by atoms with Crippen molar-refractivity contribution in [3.8, 4) is 0 Å². The van der Waals surface area contributed by atoms with Crippen molar-refractivity contribution in [1.29, 1.82) is 0 Å². The number of rotatable bonds is 6. The van der Waals surface area contributed by atoms with Gasteiger partial charge < -0.3 is 11.1 Å². The van der Waals surface area contributed by atoms with Crippen LogP contribution in [0.4, 0.5) is 0 Å². The van der Waals surface area contributed by atoms with Crippen molar-refractivity contribution in [2.24, 2.45) is 11.7 Å². The van der Waals surface area contributed by atoms with E-state index in [0.717, 1.165) is 6.42 Å². The molecule has 11 heavy (non-hydrogen) atoms. The minimum absolute atomic E-state index is 0.250. The topological polar surface area (TPSA) is 72.2 Å². The zero-order valence-electron chi connectivity index (χ0n) is 6.67. The molecule has 0 aliphatic heterocycles. The highest BCUT2D eigenvalue weighted by atomic mass is 16.1. The summed E-state index contributed by atoms with van der Waals surface area (Å²) in [5.41, 5.74) is 4.97. The van der Waals surface area contributed by atoms with Gasteiger partial charge >= 0.3 is 0 Å². The molecule has 0 rings (SSSR count). The number of primary amides is 1. The first-order valence-electron chi connectivity index (χ1n) is 3.62. The molecule has 1 atom stereocenters. The van der Waals surface area contributed by atoms with Gasteiger partial charge in [-0.25, -0.2) is 0 Å². The lowest BCUT2D eigenvalue weighted by Gasteiger charge is -2.06. The molecular formula is C7H14N2O2. The lowest BCUT2D eigenvalue weighted by Crippen LogP contribution is -2.19. The number of carbonyl (C=O) groups is 2. The van der Waals surface area contributed by atoms with Crippen molar-refractivity contribution in [2.75, 3.05) is 6.54 Å². The minimum atomic E-state index is -0.288. The molecule has 3 N–H and O–H groups in total. The minimum Gasteiger partial charge on any atom is -0.370 e. The Morgan fingerprint density at radius 2 is 2.36 bits per heavy atom. The highest BCUT2D eigenvalue weighted by Gasteiger charge is 2.04. The molecule has 0 aliphatic rings. The Morgan fingerprint density at radius 3 is 2.82 bits per heavy atom. The van der Waals surface area contributed by atoms with Crippen LogP contribution in [0.15, 0.2) is 0 Å². The van der Waals surface area contributed by atoms with Crippen molar-refractivity contribution in [3.05, 3.63) is 0 Å². The van der Waals surface area contributed by atoms with Crippen molar-refractivity contribution < 1.29 is 9.59 Å². The predicted molar refractivity (Wildman–Crippen MR) is 41.7 cm³/mol. The molecule has 0 saturated heterocycles. The summed E-state index contributed by atoms with van der Waals surface area (Å²) in [6, 6.07) is 0. The fourth-order valence-electron chi connectivity index (χ4n) is 0.834. The Kier molecular flexibility index (Phi) is 5.15. The Hall–Kier alpha value is -1.06. The normalized spacial score (nSPS) is 12.1. The maximum atomic E-state index is 10.4. The van der Waals surface area contributed by atoms with E-state index in [-0.39, 0.29) is 11.8 Å². The second-order valence-corrected chi connectivity index (χ2v) is 2.64. The van der Waals surface area contributed by atoms with Gasteiger partial charge in [0.25, 0.3) is 0 Å². The number of nitrogens with one attached hydrogen (secondary N) is 1. The SMILES string of the molecule is CC(CCNC=O)CC(N)=O. The van der Waals surface area contributed by atoms with Gasteiger partial charge in [0, 0.05) is 13.0 Å². The Balaban J connectivity index is 3.28. The van der Waals surface area contributed by atoms with E-state index in [1.54, 1.807) is 0 Å². The number of amides is 2. The van der Waals surface area contributed by atoms with Gasteiger partial charge in [-0.3, -0.25) is 9.59 Å². The van der Waals surface area contributed by atoms with Crippen LogP contribution in [0.25, 0.3) is 0 Å². The summed E-state index contributed by atoms with van der Waals surface area (Å²) in [5.74, 6) is -0.0384. The molecule has 1 unspecified atom stereocenters. The Bertz CT molecular complexity index is 136. The van der Waals surface area contributed by atoms with Gasteiger partial charge in [-0.15, -0.1) is 0 Å². The molecule has 0 radical (unpaired) electrons. The van der Waals surface area contributed by atoms with Gasteiger partial charge in [0.05, 0.1) is 0 Å². The van der Waals surface area contributed by atoms with Crippen LogP contribution in [0, 0.1) is 5.92 Å². The fourth-order valence-corrected chi connectivity index (χ4v) is 0.834. The molecule has 0 heterocycles. The van der Waals surface area contributed by atoms with Crippen LogP contribution in [0.3, 0.4) is 0 Å². The number of hydrogen-bond donors (Lipinski definition) is 2. The lowest BCUT2D eigenvalue weighted by atomic mass is 10.0. The van der Waals surface area contributed by atoms with Gasteiger partial charge in [0.2, 0.25) is 12.3 Å². The molecule has 0 aromatic rings. The monoisotopic (exact) mass is 158 g/mol. The van der Waals surface area contributed by atoms with Crippen molar-refractivity contribution in [1.82, 2.24) is 5.32 Å². The third-order valence-corrected chi connectivity index (χ3v) is 1.41. The molecule has 0 saturated carbocycles. The largest absolute Gasteiger partial charge is 0.370 e. The first-order valence-corrected chi connectivity index (χ1v) is 3.62. The average molecular weight is 158 g/mol. The van der Waals surface area contributed by atoms with Crippen LogP contribution in [0.5, 0.6) is 0 Å². The van der Waals surface area contributed by atoms with Gasteiger partial charge in [0.15, 0.2) is 0 Å². The van der Waals surface area contributed by atoms with E-state index < -0.39 is 0 Å². The number of nitrogens with two attached hydrogens (primary N) is 1. The Labute approximate surface area is 66.1 Å². The zero-order valence-corrected chi connectivity index (χ0v) is 6.67. The molecule has 0 aromatic carbocycles. The van der Waals surface area contributed by atoms with E-state index in [9.17, 15) is 9.59 Å². The van der Waals surface area contributed by atoms with E-state index >= 15 is 0 Å². The molecule has 0 bridgehead atoms. The summed E-state index contributed by atoms with van der Waals surface area (Å²) >= 11 is 0. The molecular weight excluding hydrogens is 144 g/mol. The summed E-state index contributed by atoms with van der Waals surface area (Å²) in [7, 11) is 0. The molecule has 2 amide bonds. The molecule has 0 fully saturated rings. The summed E-state index contributed by atoms with van der Waals surface area (Å²) in [4.78, 5) is 20.2. The van der Waals surface area contributed by atoms with E-state index in [1.807, 2.05) is 6.92 Å². The van der Waals surface area contributed by atoms with E-state index in [4.69, 9.17) is 5.73 Å². The molecule has 4 heteroatoms. The predicted octanol–water partition coefficient (Wildman–Crippen LogP) is -0.366. The van der Waals surface area contributed by atoms with Gasteiger partial charge in [-0.1, -0.05) is 6.92 Å². The summed E-state index contributed by atoms with van der Waals surface area (Å²) in [5, 5.41) is 2.52. The van der Waals surface area contributed by atoms with Crippen LogP contribution < -0.4 is 11.1 Å². The molecule has 0 aliphatic carbocycles. The summed E-state index contributed by atoms with van der Waals surface area (Å²) < 4.78 is 0. The Morgan fingerprint density at radius 1 is 1.73 bits per heavy atom. The molecule has 4 nitrogen and oxygen atoms in total. The zero-order chi connectivity index (χ0) is 8.69. The fraction of sp³-hybridized carbons (Fsp3) is 0.714. The van der Waals surface area contributed by atoms with E-state index in [1.165, 1.54) is 0 Å². The van der Waals surface area contributed by atoms with Crippen LogP contribution in [0.1, 0.15) is 19.8 Å². The van der Waals surface area contributed by atoms with E-state index in [0.29, 0.717) is 19.4 Å². The maximum absolute atomic E-state index is 10.4. The first-order chi connectivity index (χ1) is 5.16. The highest BCUT2D eigenvalue weighted by Crippen LogP contribution is 2.04. The quantitative estimate of drug-likeness (QED) is 0.409. The van der Waals surface area contributed by atoms with Crippen molar-refractivity contribution in [3.63, 3.8) is 0 Å². The van der Waals surface area contributed by atoms with Crippen LogP contribution in [-0.4, -0.2) is 18.9 Å². The summed E-state index contributed by atoms with van der Waals surface area (Å²) in [6.45, 7) is 2.54. The average Bonchev–Trinajstić information content (AvgIpc) is 1.86. The number of carbonyl (C=O) groups excluding carboxylic acids is 2. The smallest absolute Gasteiger partial charge is 0.217 e. The molecule has 0 spiro atoms.